The van der Waals surface area contributed by atoms with Gasteiger partial charge in [-0.2, -0.15) is 0 Å². The Bertz CT molecular complexity index is 1270. The molecule has 42 heavy (non-hydrogen) atoms. The van der Waals surface area contributed by atoms with Crippen molar-refractivity contribution in [2.24, 2.45) is 11.8 Å². The van der Waals surface area contributed by atoms with Crippen LogP contribution < -0.4 is 14.8 Å². The maximum Gasteiger partial charge on any atom is 0.255 e. The first-order chi connectivity index (χ1) is 20.6. The summed E-state index contributed by atoms with van der Waals surface area (Å²) in [5.74, 6) is 1.82. The minimum Gasteiger partial charge on any atom is -0.457 e. The van der Waals surface area contributed by atoms with E-state index in [2.05, 4.69) is 45.3 Å². The van der Waals surface area contributed by atoms with Gasteiger partial charge in [-0.15, -0.1) is 0 Å². The van der Waals surface area contributed by atoms with Crippen LogP contribution in [0, 0.1) is 11.8 Å². The third-order valence-electron chi connectivity index (χ3n) is 8.60. The van der Waals surface area contributed by atoms with Crippen molar-refractivity contribution in [3.63, 3.8) is 0 Å². The van der Waals surface area contributed by atoms with E-state index in [0.29, 0.717) is 34.1 Å². The van der Waals surface area contributed by atoms with Crippen LogP contribution in [0.25, 0.3) is 0 Å². The number of carbonyl (C=O) groups excluding carboxylic acids is 2. The normalized spacial score (nSPS) is 18.1. The van der Waals surface area contributed by atoms with Crippen molar-refractivity contribution < 1.29 is 14.3 Å². The Morgan fingerprint density at radius 1 is 0.833 bits per heavy atom. The molecule has 0 bridgehead atoms. The molecule has 7 heteroatoms. The summed E-state index contributed by atoms with van der Waals surface area (Å²) in [7, 11) is 0. The maximum atomic E-state index is 13.2. The third-order valence-corrected chi connectivity index (χ3v) is 9.96. The Morgan fingerprint density at radius 3 is 2.17 bits per heavy atom. The van der Waals surface area contributed by atoms with Crippen LogP contribution in [0.15, 0.2) is 84.9 Å². The quantitative estimate of drug-likeness (QED) is 0.233. The second-order valence-corrected chi connectivity index (χ2v) is 12.6. The van der Waals surface area contributed by atoms with Crippen molar-refractivity contribution in [3.05, 3.63) is 96.1 Å². The van der Waals surface area contributed by atoms with E-state index in [-0.39, 0.29) is 11.8 Å². The highest BCUT2D eigenvalue weighted by Gasteiger charge is 2.34. The summed E-state index contributed by atoms with van der Waals surface area (Å²) < 4.78 is 9.12. The summed E-state index contributed by atoms with van der Waals surface area (Å²) in [5.41, 5.74) is 1.77. The molecule has 1 unspecified atom stereocenters. The van der Waals surface area contributed by atoms with Gasteiger partial charge in [-0.1, -0.05) is 79.9 Å². The number of hydrogen-bond acceptors (Lipinski definition) is 5. The van der Waals surface area contributed by atoms with Gasteiger partial charge in [-0.05, 0) is 99.3 Å². The molecule has 2 amide bonds. The number of piperidine rings is 1. The van der Waals surface area contributed by atoms with Gasteiger partial charge in [0.2, 0.25) is 0 Å². The SMILES string of the molecule is C[C@@H](NC(=O)c1ccccc1Oc1ccccc1)C(=O)NSC(C1CCCCC1)C1CCN(Cc2ccccc2)CC1. The van der Waals surface area contributed by atoms with E-state index in [9.17, 15) is 9.59 Å². The third kappa shape index (κ3) is 8.39. The highest BCUT2D eigenvalue weighted by atomic mass is 32.2. The predicted molar refractivity (Wildman–Crippen MR) is 170 cm³/mol. The van der Waals surface area contributed by atoms with E-state index in [1.807, 2.05) is 36.4 Å². The number of ether oxygens (including phenoxy) is 1. The van der Waals surface area contributed by atoms with Crippen LogP contribution in [0.2, 0.25) is 0 Å². The number of amides is 2. The van der Waals surface area contributed by atoms with Crippen molar-refractivity contribution in [1.29, 1.82) is 0 Å². The van der Waals surface area contributed by atoms with Crippen molar-refractivity contribution in [2.45, 2.75) is 69.7 Å². The number of rotatable bonds is 11. The van der Waals surface area contributed by atoms with Gasteiger partial charge in [0.25, 0.3) is 11.8 Å². The summed E-state index contributed by atoms with van der Waals surface area (Å²) in [5, 5.41) is 3.28. The highest BCUT2D eigenvalue weighted by Crippen LogP contribution is 2.39. The minimum atomic E-state index is -0.672. The van der Waals surface area contributed by atoms with Crippen LogP contribution in [0.5, 0.6) is 11.5 Å². The van der Waals surface area contributed by atoms with Gasteiger partial charge in [-0.25, -0.2) is 0 Å². The first kappa shape index (κ1) is 30.2. The van der Waals surface area contributed by atoms with Gasteiger partial charge in [0, 0.05) is 11.8 Å². The van der Waals surface area contributed by atoms with Gasteiger partial charge in [-0.3, -0.25) is 19.2 Å². The molecule has 2 aliphatic rings. The van der Waals surface area contributed by atoms with E-state index < -0.39 is 6.04 Å². The van der Waals surface area contributed by atoms with E-state index in [4.69, 9.17) is 4.74 Å². The van der Waals surface area contributed by atoms with E-state index in [1.54, 1.807) is 37.1 Å². The molecule has 2 fully saturated rings. The Balaban J connectivity index is 1.16. The number of hydrogen-bond donors (Lipinski definition) is 2. The number of para-hydroxylation sites is 2. The lowest BCUT2D eigenvalue weighted by atomic mass is 9.79. The van der Waals surface area contributed by atoms with Gasteiger partial charge < -0.3 is 10.1 Å². The summed E-state index contributed by atoms with van der Waals surface area (Å²) >= 11 is 1.61. The lowest BCUT2D eigenvalue weighted by molar-refractivity contribution is -0.120. The number of nitrogens with zero attached hydrogens (tertiary/aromatic N) is 1. The van der Waals surface area contributed by atoms with Gasteiger partial charge >= 0.3 is 0 Å². The second kappa shape index (κ2) is 15.3. The first-order valence-electron chi connectivity index (χ1n) is 15.4. The first-order valence-corrected chi connectivity index (χ1v) is 16.3. The van der Waals surface area contributed by atoms with Crippen LogP contribution in [-0.4, -0.2) is 41.1 Å². The van der Waals surface area contributed by atoms with Crippen LogP contribution in [-0.2, 0) is 11.3 Å². The standard InChI is InChI=1S/C35H43N3O3S/c1-26(36-35(40)31-19-11-12-20-32(31)41-30-17-9-4-10-18-30)34(39)37-42-33(28-15-7-3-8-16-28)29-21-23-38(24-22-29)25-27-13-5-2-6-14-27/h2,4-6,9-14,17-20,26,28-29,33H,3,7-8,15-16,21-25H2,1H3,(H,36,40)(H,37,39)/t26-,33?/m1/s1. The number of benzene rings is 3. The molecule has 2 N–H and O–H groups in total. The minimum absolute atomic E-state index is 0.169. The average Bonchev–Trinajstić information content (AvgIpc) is 3.03. The molecule has 222 valence electrons. The van der Waals surface area contributed by atoms with Gasteiger partial charge in [0.1, 0.15) is 17.5 Å². The summed E-state index contributed by atoms with van der Waals surface area (Å²) in [6, 6.07) is 26.5. The Labute approximate surface area is 254 Å². The lowest BCUT2D eigenvalue weighted by Gasteiger charge is -2.40. The zero-order valence-electron chi connectivity index (χ0n) is 24.5. The molecule has 3 aromatic carbocycles. The average molecular weight is 586 g/mol. The fourth-order valence-electron chi connectivity index (χ4n) is 6.23. The van der Waals surface area contributed by atoms with Gasteiger partial charge in [0.15, 0.2) is 0 Å². The molecule has 2 atom stereocenters. The van der Waals surface area contributed by atoms with E-state index >= 15 is 0 Å². The largest absolute Gasteiger partial charge is 0.457 e. The zero-order valence-corrected chi connectivity index (χ0v) is 25.4. The molecule has 1 heterocycles. The molecular formula is C35H43N3O3S. The molecule has 5 rings (SSSR count). The van der Waals surface area contributed by atoms with E-state index in [1.165, 1.54) is 37.7 Å². The highest BCUT2D eigenvalue weighted by molar-refractivity contribution is 7.98. The smallest absolute Gasteiger partial charge is 0.255 e. The predicted octanol–water partition coefficient (Wildman–Crippen LogP) is 7.22. The van der Waals surface area contributed by atoms with Crippen molar-refractivity contribution in [1.82, 2.24) is 14.9 Å². The van der Waals surface area contributed by atoms with Crippen LogP contribution in [0.3, 0.4) is 0 Å². The lowest BCUT2D eigenvalue weighted by Crippen LogP contribution is -2.45. The van der Waals surface area contributed by atoms with E-state index in [0.717, 1.165) is 32.5 Å². The molecule has 1 saturated heterocycles. The van der Waals surface area contributed by atoms with Crippen LogP contribution in [0.4, 0.5) is 0 Å². The Kier molecular flexibility index (Phi) is 11.0. The number of nitrogens with one attached hydrogen (secondary N) is 2. The fraction of sp³-hybridized carbons (Fsp3) is 0.429. The molecule has 0 aromatic heterocycles. The molecule has 6 nitrogen and oxygen atoms in total. The van der Waals surface area contributed by atoms with Gasteiger partial charge in [0.05, 0.1) is 5.56 Å². The summed E-state index contributed by atoms with van der Waals surface area (Å²) in [6.45, 7) is 4.93. The molecule has 0 radical (unpaired) electrons. The van der Waals surface area contributed by atoms with Crippen molar-refractivity contribution in [2.75, 3.05) is 13.1 Å². The van der Waals surface area contributed by atoms with Crippen LogP contribution in [0.1, 0.15) is 67.8 Å². The van der Waals surface area contributed by atoms with Crippen molar-refractivity contribution in [3.8, 4) is 11.5 Å². The molecule has 1 aliphatic heterocycles. The summed E-state index contributed by atoms with van der Waals surface area (Å²) in [6.07, 6.45) is 8.65. The monoisotopic (exact) mass is 585 g/mol. The summed E-state index contributed by atoms with van der Waals surface area (Å²) in [4.78, 5) is 29.0. The molecular weight excluding hydrogens is 542 g/mol. The molecule has 0 spiro atoms. The zero-order chi connectivity index (χ0) is 29.1. The molecule has 1 aliphatic carbocycles. The maximum absolute atomic E-state index is 13.2. The molecule has 3 aromatic rings. The van der Waals surface area contributed by atoms with Crippen molar-refractivity contribution >= 4 is 23.8 Å². The molecule has 1 saturated carbocycles. The second-order valence-electron chi connectivity index (χ2n) is 11.7. The number of likely N-dealkylation sites (tertiary alicyclic amines) is 1. The topological polar surface area (TPSA) is 70.7 Å². The Morgan fingerprint density at radius 2 is 1.45 bits per heavy atom. The fourth-order valence-corrected chi connectivity index (χ4v) is 7.59. The Hall–Kier alpha value is -3.29. The van der Waals surface area contributed by atoms with Crippen LogP contribution >= 0.6 is 11.9 Å². The number of carbonyl (C=O) groups is 2.